The Hall–Kier alpha value is -4.07. The van der Waals surface area contributed by atoms with Gasteiger partial charge in [0.15, 0.2) is 0 Å². The summed E-state index contributed by atoms with van der Waals surface area (Å²) in [5.41, 5.74) is 2.91. The molecule has 2 rings (SSSR count). The molecule has 0 heterocycles. The van der Waals surface area contributed by atoms with E-state index in [4.69, 9.17) is 9.47 Å². The van der Waals surface area contributed by atoms with Crippen molar-refractivity contribution in [2.75, 3.05) is 13.2 Å². The van der Waals surface area contributed by atoms with Crippen molar-refractivity contribution in [1.29, 1.82) is 0 Å². The molecular formula is C24H24N2O6. The standard InChI is InChI=1S/C24H24N2O6/c1-3-22(27)30-14-15-31-23(28)12-13-24(29)32-21-10-8-20(9-11-21)17-26-25-16-19-6-4-18(2)5-7-19/h3-11,16-17H,1,12-15H2,2H3/b25-16+,26-17+. The zero-order chi connectivity index (χ0) is 23.2. The molecule has 0 atom stereocenters. The fourth-order valence-corrected chi connectivity index (χ4v) is 2.29. The van der Waals surface area contributed by atoms with Crippen LogP contribution in [0.15, 0.2) is 71.4 Å². The number of hydrogen-bond acceptors (Lipinski definition) is 8. The summed E-state index contributed by atoms with van der Waals surface area (Å²) < 4.78 is 14.7. The number of aryl methyl sites for hydroxylation is 1. The lowest BCUT2D eigenvalue weighted by Crippen LogP contribution is -2.15. The zero-order valence-electron chi connectivity index (χ0n) is 17.7. The maximum Gasteiger partial charge on any atom is 0.330 e. The number of carbonyl (C=O) groups excluding carboxylic acids is 3. The minimum absolute atomic E-state index is 0.0754. The molecule has 0 spiro atoms. The zero-order valence-corrected chi connectivity index (χ0v) is 17.7. The van der Waals surface area contributed by atoms with E-state index in [2.05, 4.69) is 21.5 Å². The van der Waals surface area contributed by atoms with Gasteiger partial charge in [-0.05, 0) is 42.3 Å². The summed E-state index contributed by atoms with van der Waals surface area (Å²) in [4.78, 5) is 34.3. The number of hydrogen-bond donors (Lipinski definition) is 0. The number of nitrogens with zero attached hydrogens (tertiary/aromatic N) is 2. The first-order chi connectivity index (χ1) is 15.5. The molecule has 32 heavy (non-hydrogen) atoms. The SMILES string of the molecule is C=CC(=O)OCCOC(=O)CCC(=O)Oc1ccc(/C=N/N=C/c2ccc(C)cc2)cc1. The van der Waals surface area contributed by atoms with Gasteiger partial charge in [0.05, 0.1) is 25.3 Å². The van der Waals surface area contributed by atoms with Gasteiger partial charge in [0.2, 0.25) is 0 Å². The van der Waals surface area contributed by atoms with Crippen molar-refractivity contribution < 1.29 is 28.6 Å². The maximum absolute atomic E-state index is 11.9. The van der Waals surface area contributed by atoms with Gasteiger partial charge in [0.25, 0.3) is 0 Å². The maximum atomic E-state index is 11.9. The van der Waals surface area contributed by atoms with Crippen molar-refractivity contribution in [2.24, 2.45) is 10.2 Å². The molecule has 0 aliphatic heterocycles. The van der Waals surface area contributed by atoms with E-state index < -0.39 is 17.9 Å². The van der Waals surface area contributed by atoms with Crippen LogP contribution in [-0.4, -0.2) is 43.6 Å². The summed E-state index contributed by atoms with van der Waals surface area (Å²) in [5, 5.41) is 8.00. The van der Waals surface area contributed by atoms with Crippen LogP contribution in [0, 0.1) is 6.92 Å². The highest BCUT2D eigenvalue weighted by molar-refractivity contribution is 5.83. The number of carbonyl (C=O) groups is 3. The Kier molecular flexibility index (Phi) is 10.0. The second-order valence-electron chi connectivity index (χ2n) is 6.54. The van der Waals surface area contributed by atoms with Crippen molar-refractivity contribution >= 4 is 30.3 Å². The van der Waals surface area contributed by atoms with Crippen LogP contribution in [-0.2, 0) is 23.9 Å². The largest absolute Gasteiger partial charge is 0.462 e. The molecule has 0 radical (unpaired) electrons. The molecule has 0 aliphatic rings. The van der Waals surface area contributed by atoms with Crippen LogP contribution in [0.4, 0.5) is 0 Å². The molecule has 0 fully saturated rings. The molecule has 2 aromatic rings. The predicted octanol–water partition coefficient (Wildman–Crippen LogP) is 3.41. The lowest BCUT2D eigenvalue weighted by atomic mass is 10.2. The lowest BCUT2D eigenvalue weighted by Gasteiger charge is -2.06. The van der Waals surface area contributed by atoms with Gasteiger partial charge < -0.3 is 14.2 Å². The Morgan fingerprint density at radius 1 is 0.812 bits per heavy atom. The van der Waals surface area contributed by atoms with E-state index in [0.29, 0.717) is 5.75 Å². The van der Waals surface area contributed by atoms with Crippen molar-refractivity contribution in [3.8, 4) is 5.75 Å². The second-order valence-corrected chi connectivity index (χ2v) is 6.54. The first kappa shape index (κ1) is 24.2. The third kappa shape index (κ3) is 9.62. The Labute approximate surface area is 186 Å². The molecule has 166 valence electrons. The van der Waals surface area contributed by atoms with Crippen molar-refractivity contribution in [2.45, 2.75) is 19.8 Å². The Morgan fingerprint density at radius 3 is 1.94 bits per heavy atom. The summed E-state index contributed by atoms with van der Waals surface area (Å²) in [6.07, 6.45) is 3.97. The van der Waals surface area contributed by atoms with Crippen LogP contribution in [0.5, 0.6) is 5.75 Å². The highest BCUT2D eigenvalue weighted by Crippen LogP contribution is 2.12. The van der Waals surface area contributed by atoms with Gasteiger partial charge in [-0.15, -0.1) is 0 Å². The third-order valence-corrected chi connectivity index (χ3v) is 3.96. The number of esters is 3. The van der Waals surface area contributed by atoms with E-state index in [1.165, 1.54) is 5.56 Å². The molecule has 0 amide bonds. The first-order valence-electron chi connectivity index (χ1n) is 9.85. The topological polar surface area (TPSA) is 104 Å². The van der Waals surface area contributed by atoms with Crippen LogP contribution in [0.2, 0.25) is 0 Å². The van der Waals surface area contributed by atoms with E-state index in [1.54, 1.807) is 36.7 Å². The van der Waals surface area contributed by atoms with Crippen molar-refractivity contribution in [3.05, 3.63) is 77.9 Å². The molecule has 0 aliphatic carbocycles. The van der Waals surface area contributed by atoms with Crippen molar-refractivity contribution in [1.82, 2.24) is 0 Å². The summed E-state index contributed by atoms with van der Waals surface area (Å²) >= 11 is 0. The molecule has 0 unspecified atom stereocenters. The highest BCUT2D eigenvalue weighted by atomic mass is 16.6. The summed E-state index contributed by atoms with van der Waals surface area (Å²) in [6, 6.07) is 14.6. The molecular weight excluding hydrogens is 412 g/mol. The summed E-state index contributed by atoms with van der Waals surface area (Å²) in [5.74, 6) is -1.41. The van der Waals surface area contributed by atoms with Crippen LogP contribution in [0.3, 0.4) is 0 Å². The van der Waals surface area contributed by atoms with Crippen LogP contribution in [0.1, 0.15) is 29.5 Å². The smallest absolute Gasteiger partial charge is 0.330 e. The van der Waals surface area contributed by atoms with Crippen molar-refractivity contribution in [3.63, 3.8) is 0 Å². The summed E-state index contributed by atoms with van der Waals surface area (Å²) in [7, 11) is 0. The summed E-state index contributed by atoms with van der Waals surface area (Å²) in [6.45, 7) is 5.10. The van der Waals surface area contributed by atoms with Gasteiger partial charge in [-0.1, -0.05) is 36.4 Å². The van der Waals surface area contributed by atoms with Crippen LogP contribution >= 0.6 is 0 Å². The average Bonchev–Trinajstić information content (AvgIpc) is 2.80. The van der Waals surface area contributed by atoms with Gasteiger partial charge in [-0.2, -0.15) is 10.2 Å². The van der Waals surface area contributed by atoms with Gasteiger partial charge in [0, 0.05) is 6.08 Å². The third-order valence-electron chi connectivity index (χ3n) is 3.96. The fourth-order valence-electron chi connectivity index (χ4n) is 2.29. The first-order valence-corrected chi connectivity index (χ1v) is 9.85. The number of benzene rings is 2. The molecule has 0 N–H and O–H groups in total. The Bertz CT molecular complexity index is 979. The van der Waals surface area contributed by atoms with E-state index in [0.717, 1.165) is 17.2 Å². The lowest BCUT2D eigenvalue weighted by molar-refractivity contribution is -0.151. The minimum atomic E-state index is -0.600. The molecule has 0 saturated carbocycles. The highest BCUT2D eigenvalue weighted by Gasteiger charge is 2.10. The van der Waals surface area contributed by atoms with Crippen LogP contribution in [0.25, 0.3) is 0 Å². The minimum Gasteiger partial charge on any atom is -0.462 e. The van der Waals surface area contributed by atoms with E-state index in [9.17, 15) is 14.4 Å². The quantitative estimate of drug-likeness (QED) is 0.134. The van der Waals surface area contributed by atoms with Gasteiger partial charge >= 0.3 is 17.9 Å². The van der Waals surface area contributed by atoms with Gasteiger partial charge in [-0.25, -0.2) is 4.79 Å². The Balaban J connectivity index is 1.69. The van der Waals surface area contributed by atoms with E-state index in [1.807, 2.05) is 31.2 Å². The molecule has 8 nitrogen and oxygen atoms in total. The Morgan fingerprint density at radius 2 is 1.34 bits per heavy atom. The van der Waals surface area contributed by atoms with Gasteiger partial charge in [0.1, 0.15) is 19.0 Å². The molecule has 0 saturated heterocycles. The normalized spacial score (nSPS) is 10.8. The average molecular weight is 436 g/mol. The van der Waals surface area contributed by atoms with Crippen LogP contribution < -0.4 is 4.74 Å². The van der Waals surface area contributed by atoms with E-state index in [-0.39, 0.29) is 26.1 Å². The second kappa shape index (κ2) is 13.3. The number of rotatable bonds is 11. The van der Waals surface area contributed by atoms with E-state index >= 15 is 0 Å². The molecule has 0 aromatic heterocycles. The van der Waals surface area contributed by atoms with Gasteiger partial charge in [-0.3, -0.25) is 9.59 Å². The molecule has 2 aromatic carbocycles. The predicted molar refractivity (Wildman–Crippen MR) is 120 cm³/mol. The number of ether oxygens (including phenoxy) is 3. The molecule has 0 bridgehead atoms. The monoisotopic (exact) mass is 436 g/mol. The fraction of sp³-hybridized carbons (Fsp3) is 0.208. The molecule has 8 heteroatoms.